The molecular weight excluding hydrogens is 290 g/mol. The summed E-state index contributed by atoms with van der Waals surface area (Å²) in [6.07, 6.45) is 0.641. The van der Waals surface area contributed by atoms with Gasteiger partial charge in [-0.15, -0.1) is 11.3 Å². The van der Waals surface area contributed by atoms with Gasteiger partial charge in [-0.25, -0.2) is 13.8 Å². The van der Waals surface area contributed by atoms with Crippen molar-refractivity contribution in [3.63, 3.8) is 0 Å². The summed E-state index contributed by atoms with van der Waals surface area (Å²) in [4.78, 5) is 4.38. The second kappa shape index (κ2) is 5.61. The Morgan fingerprint density at radius 2 is 1.81 bits per heavy atom. The summed E-state index contributed by atoms with van der Waals surface area (Å²) in [5, 5.41) is 2.59. The number of aromatic nitrogens is 1. The molecule has 3 aromatic rings. The Bertz CT molecular complexity index is 766. The minimum atomic E-state index is -0.473. The molecule has 0 atom stereocenters. The summed E-state index contributed by atoms with van der Waals surface area (Å²) in [6, 6.07) is 10.9. The summed E-state index contributed by atoms with van der Waals surface area (Å²) >= 11 is 1.43. The van der Waals surface area contributed by atoms with Crippen LogP contribution in [0.25, 0.3) is 11.3 Å². The number of benzene rings is 2. The first kappa shape index (κ1) is 13.7. The highest BCUT2D eigenvalue weighted by Crippen LogP contribution is 2.26. The number of rotatable bonds is 3. The molecule has 0 saturated heterocycles. The monoisotopic (exact) mass is 302 g/mol. The van der Waals surface area contributed by atoms with Gasteiger partial charge in [0.1, 0.15) is 11.6 Å². The Morgan fingerprint density at radius 3 is 2.57 bits per heavy atom. The van der Waals surface area contributed by atoms with Gasteiger partial charge >= 0.3 is 0 Å². The van der Waals surface area contributed by atoms with E-state index in [-0.39, 0.29) is 5.56 Å². The van der Waals surface area contributed by atoms with Crippen molar-refractivity contribution in [2.24, 2.45) is 0 Å². The van der Waals surface area contributed by atoms with Crippen LogP contribution in [0, 0.1) is 11.6 Å². The van der Waals surface area contributed by atoms with Crippen LogP contribution >= 0.6 is 11.3 Å². The van der Waals surface area contributed by atoms with Gasteiger partial charge < -0.3 is 5.73 Å². The second-order valence-corrected chi connectivity index (χ2v) is 5.61. The normalized spacial score (nSPS) is 10.8. The fourth-order valence-corrected chi connectivity index (χ4v) is 2.85. The number of nitrogen functional groups attached to an aromatic ring is 1. The lowest BCUT2D eigenvalue weighted by atomic mass is 10.1. The molecule has 2 N–H and O–H groups in total. The summed E-state index contributed by atoms with van der Waals surface area (Å²) < 4.78 is 26.9. The zero-order chi connectivity index (χ0) is 14.8. The maximum atomic E-state index is 13.7. The van der Waals surface area contributed by atoms with E-state index in [0.29, 0.717) is 17.8 Å². The van der Waals surface area contributed by atoms with Crippen LogP contribution in [-0.4, -0.2) is 4.98 Å². The van der Waals surface area contributed by atoms with Crippen LogP contribution in [0.5, 0.6) is 0 Å². The second-order valence-electron chi connectivity index (χ2n) is 4.67. The Kier molecular flexibility index (Phi) is 3.66. The predicted molar refractivity (Wildman–Crippen MR) is 81.1 cm³/mol. The molecule has 3 rings (SSSR count). The maximum Gasteiger partial charge on any atom is 0.132 e. The largest absolute Gasteiger partial charge is 0.399 e. The quantitative estimate of drug-likeness (QED) is 0.734. The smallest absolute Gasteiger partial charge is 0.132 e. The molecule has 5 heteroatoms. The highest BCUT2D eigenvalue weighted by molar-refractivity contribution is 7.10. The first-order valence-electron chi connectivity index (χ1n) is 6.36. The first-order chi connectivity index (χ1) is 10.1. The van der Waals surface area contributed by atoms with E-state index in [0.717, 1.165) is 28.8 Å². The highest BCUT2D eigenvalue weighted by atomic mass is 32.1. The van der Waals surface area contributed by atoms with Crippen molar-refractivity contribution in [3.05, 3.63) is 70.1 Å². The van der Waals surface area contributed by atoms with E-state index in [4.69, 9.17) is 5.73 Å². The van der Waals surface area contributed by atoms with Crippen LogP contribution in [0.2, 0.25) is 0 Å². The lowest BCUT2D eigenvalue weighted by molar-refractivity contribution is 0.602. The molecular formula is C16H12F2N2S. The van der Waals surface area contributed by atoms with Crippen LogP contribution in [0.4, 0.5) is 14.5 Å². The van der Waals surface area contributed by atoms with Gasteiger partial charge in [0.2, 0.25) is 0 Å². The number of nitrogens with two attached hydrogens (primary N) is 1. The van der Waals surface area contributed by atoms with E-state index >= 15 is 0 Å². The third-order valence-electron chi connectivity index (χ3n) is 3.09. The Morgan fingerprint density at radius 1 is 1.05 bits per heavy atom. The number of halogens is 2. The van der Waals surface area contributed by atoms with Gasteiger partial charge in [-0.05, 0) is 35.9 Å². The molecule has 0 aliphatic heterocycles. The molecule has 0 amide bonds. The van der Waals surface area contributed by atoms with Crippen molar-refractivity contribution < 1.29 is 8.78 Å². The fraction of sp³-hybridized carbons (Fsp3) is 0.0625. The van der Waals surface area contributed by atoms with Crippen LogP contribution in [0.3, 0.4) is 0 Å². The zero-order valence-corrected chi connectivity index (χ0v) is 11.8. The molecule has 2 nitrogen and oxygen atoms in total. The molecule has 0 bridgehead atoms. The number of anilines is 1. The van der Waals surface area contributed by atoms with E-state index in [1.54, 1.807) is 5.38 Å². The number of nitrogens with zero attached hydrogens (tertiary/aromatic N) is 1. The zero-order valence-electron chi connectivity index (χ0n) is 11.0. The summed E-state index contributed by atoms with van der Waals surface area (Å²) in [6.45, 7) is 0. The van der Waals surface area contributed by atoms with Crippen LogP contribution in [0.15, 0.2) is 47.8 Å². The van der Waals surface area contributed by atoms with Gasteiger partial charge in [-0.1, -0.05) is 12.1 Å². The molecule has 0 aliphatic rings. The molecule has 106 valence electrons. The third kappa shape index (κ3) is 3.08. The van der Waals surface area contributed by atoms with E-state index < -0.39 is 11.6 Å². The highest BCUT2D eigenvalue weighted by Gasteiger charge is 2.11. The van der Waals surface area contributed by atoms with Crippen LogP contribution < -0.4 is 5.73 Å². The molecule has 21 heavy (non-hydrogen) atoms. The van der Waals surface area contributed by atoms with Gasteiger partial charge in [-0.3, -0.25) is 0 Å². The van der Waals surface area contributed by atoms with E-state index in [2.05, 4.69) is 4.98 Å². The standard InChI is InChI=1S/C16H12F2N2S/c17-11-3-6-14(18)13(8-11)15-9-21-16(20-15)7-10-1-4-12(19)5-2-10/h1-6,8-9H,7,19H2. The van der Waals surface area contributed by atoms with Crippen LogP contribution in [-0.2, 0) is 6.42 Å². The summed E-state index contributed by atoms with van der Waals surface area (Å²) in [5.74, 6) is -0.944. The van der Waals surface area contributed by atoms with Crippen molar-refractivity contribution in [1.82, 2.24) is 4.98 Å². The van der Waals surface area contributed by atoms with Crippen molar-refractivity contribution in [3.8, 4) is 11.3 Å². The van der Waals surface area contributed by atoms with Gasteiger partial charge in [-0.2, -0.15) is 0 Å². The Balaban J connectivity index is 1.86. The Labute approximate surface area is 124 Å². The lowest BCUT2D eigenvalue weighted by Crippen LogP contribution is -1.91. The Hall–Kier alpha value is -2.27. The molecule has 0 fully saturated rings. The van der Waals surface area contributed by atoms with Crippen molar-refractivity contribution in [1.29, 1.82) is 0 Å². The number of hydrogen-bond donors (Lipinski definition) is 1. The van der Waals surface area contributed by atoms with Gasteiger partial charge in [0.15, 0.2) is 0 Å². The topological polar surface area (TPSA) is 38.9 Å². The number of thiazole rings is 1. The fourth-order valence-electron chi connectivity index (χ4n) is 2.02. The lowest BCUT2D eigenvalue weighted by Gasteiger charge is -2.00. The molecule has 0 saturated carbocycles. The molecule has 1 aromatic heterocycles. The van der Waals surface area contributed by atoms with Gasteiger partial charge in [0, 0.05) is 23.1 Å². The van der Waals surface area contributed by atoms with E-state index in [1.165, 1.54) is 11.3 Å². The van der Waals surface area contributed by atoms with E-state index in [1.807, 2.05) is 24.3 Å². The molecule has 1 heterocycles. The predicted octanol–water partition coefficient (Wildman–Crippen LogP) is 4.26. The number of hydrogen-bond acceptors (Lipinski definition) is 3. The first-order valence-corrected chi connectivity index (χ1v) is 7.24. The third-order valence-corrected chi connectivity index (χ3v) is 3.94. The summed E-state index contributed by atoms with van der Waals surface area (Å²) in [7, 11) is 0. The maximum absolute atomic E-state index is 13.7. The van der Waals surface area contributed by atoms with Crippen LogP contribution in [0.1, 0.15) is 10.6 Å². The molecule has 2 aromatic carbocycles. The summed E-state index contributed by atoms with van der Waals surface area (Å²) in [5.41, 5.74) is 8.07. The van der Waals surface area contributed by atoms with Gasteiger partial charge in [0.25, 0.3) is 0 Å². The van der Waals surface area contributed by atoms with Crippen molar-refractivity contribution in [2.75, 3.05) is 5.73 Å². The van der Waals surface area contributed by atoms with Gasteiger partial charge in [0.05, 0.1) is 10.7 Å². The molecule has 0 aliphatic carbocycles. The minimum absolute atomic E-state index is 0.190. The SMILES string of the molecule is Nc1ccc(Cc2nc(-c3cc(F)ccc3F)cs2)cc1. The minimum Gasteiger partial charge on any atom is -0.399 e. The molecule has 0 unspecified atom stereocenters. The average Bonchev–Trinajstić information content (AvgIpc) is 2.92. The molecule has 0 spiro atoms. The van der Waals surface area contributed by atoms with E-state index in [9.17, 15) is 8.78 Å². The molecule has 0 radical (unpaired) electrons. The average molecular weight is 302 g/mol. The van der Waals surface area contributed by atoms with Crippen molar-refractivity contribution >= 4 is 17.0 Å². The van der Waals surface area contributed by atoms with Crippen molar-refractivity contribution in [2.45, 2.75) is 6.42 Å².